The van der Waals surface area contributed by atoms with E-state index in [1.54, 1.807) is 13.0 Å². The molecule has 0 spiro atoms. The van der Waals surface area contributed by atoms with E-state index in [-0.39, 0.29) is 22.0 Å². The van der Waals surface area contributed by atoms with Crippen LogP contribution in [0, 0.1) is 19.8 Å². The molecule has 0 aromatic heterocycles. The minimum absolute atomic E-state index is 0.0263. The molecule has 0 saturated carbocycles. The van der Waals surface area contributed by atoms with Crippen LogP contribution in [0.2, 0.25) is 10.0 Å². The van der Waals surface area contributed by atoms with Gasteiger partial charge in [0.15, 0.2) is 0 Å². The number of hydrogen-bond donors (Lipinski definition) is 1. The van der Waals surface area contributed by atoms with E-state index in [4.69, 9.17) is 23.2 Å². The lowest BCUT2D eigenvalue weighted by atomic mass is 10.1. The third-order valence-electron chi connectivity index (χ3n) is 4.46. The van der Waals surface area contributed by atoms with Crippen molar-refractivity contribution in [1.82, 2.24) is 0 Å². The molecule has 1 unspecified atom stereocenters. The number of hydrogen-bond acceptors (Lipinski definition) is 4. The molecule has 0 bridgehead atoms. The second kappa shape index (κ2) is 7.39. The molecule has 6 nitrogen and oxygen atoms in total. The first-order valence-electron chi connectivity index (χ1n) is 8.46. The lowest BCUT2D eigenvalue weighted by molar-refractivity contribution is -0.119. The number of carbonyl (C=O) groups is 2. The van der Waals surface area contributed by atoms with Crippen LogP contribution in [0.25, 0.3) is 0 Å². The molecule has 28 heavy (non-hydrogen) atoms. The normalized spacial score (nSPS) is 18.4. The first-order chi connectivity index (χ1) is 13.0. The zero-order valence-electron chi connectivity index (χ0n) is 15.4. The lowest BCUT2D eigenvalue weighted by Crippen LogP contribution is -2.30. The third-order valence-corrected chi connectivity index (χ3v) is 6.94. The third kappa shape index (κ3) is 3.74. The molecule has 3 rings (SSSR count). The Balaban J connectivity index is 1.91. The Bertz CT molecular complexity index is 1080. The summed E-state index contributed by atoms with van der Waals surface area (Å²) in [5.74, 6) is -1.89. The molecule has 148 valence electrons. The Hall–Kier alpha value is -2.09. The number of sulfonamides is 1. The van der Waals surface area contributed by atoms with Crippen LogP contribution in [0.4, 0.5) is 11.4 Å². The van der Waals surface area contributed by atoms with Gasteiger partial charge < -0.3 is 5.32 Å². The highest BCUT2D eigenvalue weighted by atomic mass is 35.5. The fraction of sp³-hybridized carbons (Fsp3) is 0.263. The minimum atomic E-state index is -3.75. The molecule has 1 heterocycles. The molecule has 9 heteroatoms. The number of amides is 2. The lowest BCUT2D eigenvalue weighted by Gasteiger charge is -2.17. The highest BCUT2D eigenvalue weighted by Gasteiger charge is 2.42. The average Bonchev–Trinajstić information content (AvgIpc) is 2.77. The number of anilines is 2. The Labute approximate surface area is 173 Å². The second-order valence-corrected chi connectivity index (χ2v) is 9.52. The zero-order valence-corrected chi connectivity index (χ0v) is 17.7. The van der Waals surface area contributed by atoms with Crippen molar-refractivity contribution >= 4 is 56.4 Å². The minimum Gasteiger partial charge on any atom is -0.320 e. The van der Waals surface area contributed by atoms with Crippen molar-refractivity contribution in [3.63, 3.8) is 0 Å². The van der Waals surface area contributed by atoms with Crippen LogP contribution in [0.3, 0.4) is 0 Å². The van der Waals surface area contributed by atoms with Gasteiger partial charge in [-0.05, 0) is 49.2 Å². The second-order valence-electron chi connectivity index (χ2n) is 6.84. The molecule has 1 aliphatic heterocycles. The molecule has 1 aliphatic rings. The molecule has 0 aliphatic carbocycles. The maximum Gasteiger partial charge on any atom is 0.257 e. The monoisotopic (exact) mass is 440 g/mol. The van der Waals surface area contributed by atoms with E-state index in [1.165, 1.54) is 18.2 Å². The summed E-state index contributed by atoms with van der Waals surface area (Å²) in [7, 11) is -3.75. The molecule has 1 atom stereocenters. The molecule has 0 radical (unpaired) electrons. The Morgan fingerprint density at radius 3 is 2.36 bits per heavy atom. The fourth-order valence-corrected chi connectivity index (χ4v) is 5.60. The Kier molecular flexibility index (Phi) is 5.44. The van der Waals surface area contributed by atoms with Crippen LogP contribution in [-0.4, -0.2) is 26.0 Å². The van der Waals surface area contributed by atoms with Crippen molar-refractivity contribution in [3.8, 4) is 0 Å². The van der Waals surface area contributed by atoms with Crippen LogP contribution in [0.15, 0.2) is 30.3 Å². The first kappa shape index (κ1) is 20.6. The molecular weight excluding hydrogens is 423 g/mol. The topological polar surface area (TPSA) is 83.6 Å². The van der Waals surface area contributed by atoms with Crippen molar-refractivity contribution in [2.24, 2.45) is 5.92 Å². The predicted octanol–water partition coefficient (Wildman–Crippen LogP) is 4.18. The predicted molar refractivity (Wildman–Crippen MR) is 111 cm³/mol. The molecule has 2 aromatic rings. The first-order valence-corrected chi connectivity index (χ1v) is 10.8. The van der Waals surface area contributed by atoms with E-state index in [0.717, 1.165) is 15.4 Å². The van der Waals surface area contributed by atoms with Crippen molar-refractivity contribution < 1.29 is 18.0 Å². The van der Waals surface area contributed by atoms with Gasteiger partial charge in [0, 0.05) is 0 Å². The van der Waals surface area contributed by atoms with E-state index >= 15 is 0 Å². The molecular formula is C19H18Cl2N2O4S. The van der Waals surface area contributed by atoms with Gasteiger partial charge in [-0.15, -0.1) is 0 Å². The maximum absolute atomic E-state index is 12.6. The van der Waals surface area contributed by atoms with E-state index in [0.29, 0.717) is 10.7 Å². The smallest absolute Gasteiger partial charge is 0.257 e. The maximum atomic E-state index is 12.6. The van der Waals surface area contributed by atoms with Gasteiger partial charge >= 0.3 is 0 Å². The van der Waals surface area contributed by atoms with Crippen LogP contribution >= 0.6 is 23.2 Å². The molecule has 1 fully saturated rings. The van der Waals surface area contributed by atoms with Crippen LogP contribution in [0.5, 0.6) is 0 Å². The summed E-state index contributed by atoms with van der Waals surface area (Å²) in [6.45, 7) is 5.27. The number of halogens is 2. The molecule has 1 saturated heterocycles. The molecule has 2 aromatic carbocycles. The SMILES string of the molecule is Cc1cc(C)c(NC(=O)c2ccc(N3C(=O)C(C)CS3(=O)=O)cc2Cl)c(Cl)c1. The highest BCUT2D eigenvalue weighted by Crippen LogP contribution is 2.33. The summed E-state index contributed by atoms with van der Waals surface area (Å²) in [5, 5.41) is 3.16. The summed E-state index contributed by atoms with van der Waals surface area (Å²) in [6, 6.07) is 7.69. The Morgan fingerprint density at radius 1 is 1.14 bits per heavy atom. The van der Waals surface area contributed by atoms with Crippen molar-refractivity contribution in [2.75, 3.05) is 15.4 Å². The molecule has 1 N–H and O–H groups in total. The van der Waals surface area contributed by atoms with Crippen molar-refractivity contribution in [1.29, 1.82) is 0 Å². The van der Waals surface area contributed by atoms with Gasteiger partial charge in [-0.3, -0.25) is 9.59 Å². The van der Waals surface area contributed by atoms with Crippen molar-refractivity contribution in [3.05, 3.63) is 57.1 Å². The number of nitrogens with zero attached hydrogens (tertiary/aromatic N) is 1. The van der Waals surface area contributed by atoms with E-state index in [9.17, 15) is 18.0 Å². The average molecular weight is 441 g/mol. The van der Waals surface area contributed by atoms with Crippen LogP contribution in [-0.2, 0) is 14.8 Å². The number of benzene rings is 2. The summed E-state index contributed by atoms with van der Waals surface area (Å²) in [5.41, 5.74) is 2.49. The van der Waals surface area contributed by atoms with E-state index in [2.05, 4.69) is 5.32 Å². The van der Waals surface area contributed by atoms with Gasteiger partial charge in [0.1, 0.15) is 0 Å². The van der Waals surface area contributed by atoms with Gasteiger partial charge in [-0.25, -0.2) is 12.7 Å². The number of nitrogens with one attached hydrogen (secondary N) is 1. The molecule has 2 amide bonds. The van der Waals surface area contributed by atoms with Crippen molar-refractivity contribution in [2.45, 2.75) is 20.8 Å². The largest absolute Gasteiger partial charge is 0.320 e. The standard InChI is InChI=1S/C19H18Cl2N2O4S/c1-10-6-11(2)17(16(21)7-10)22-18(24)14-5-4-13(8-15(14)20)23-19(25)12(3)9-28(23,26)27/h4-8,12H,9H2,1-3H3,(H,22,24). The summed E-state index contributed by atoms with van der Waals surface area (Å²) in [6.07, 6.45) is 0. The summed E-state index contributed by atoms with van der Waals surface area (Å²) >= 11 is 12.4. The van der Waals surface area contributed by atoms with Gasteiger partial charge in [-0.2, -0.15) is 0 Å². The summed E-state index contributed by atoms with van der Waals surface area (Å²) < 4.78 is 25.2. The van der Waals surface area contributed by atoms with Gasteiger partial charge in [0.25, 0.3) is 5.91 Å². The van der Waals surface area contributed by atoms with E-state index < -0.39 is 27.8 Å². The van der Waals surface area contributed by atoms with E-state index in [1.807, 2.05) is 19.9 Å². The van der Waals surface area contributed by atoms with Crippen LogP contribution in [0.1, 0.15) is 28.4 Å². The number of rotatable bonds is 3. The zero-order chi connectivity index (χ0) is 20.8. The van der Waals surface area contributed by atoms with Gasteiger partial charge in [0.05, 0.1) is 38.7 Å². The summed E-state index contributed by atoms with van der Waals surface area (Å²) in [4.78, 5) is 24.9. The highest BCUT2D eigenvalue weighted by molar-refractivity contribution is 7.94. The van der Waals surface area contributed by atoms with Gasteiger partial charge in [0.2, 0.25) is 15.9 Å². The number of carbonyl (C=O) groups excluding carboxylic acids is 2. The van der Waals surface area contributed by atoms with Crippen LogP contribution < -0.4 is 9.62 Å². The quantitative estimate of drug-likeness (QED) is 0.775. The Morgan fingerprint density at radius 2 is 1.82 bits per heavy atom. The van der Waals surface area contributed by atoms with Gasteiger partial charge in [-0.1, -0.05) is 36.2 Å². The fourth-order valence-electron chi connectivity index (χ4n) is 3.16. The number of aryl methyl sites for hydroxylation is 2.